The van der Waals surface area contributed by atoms with Crippen molar-refractivity contribution in [2.75, 3.05) is 19.6 Å². The molecule has 2 aliphatic rings. The summed E-state index contributed by atoms with van der Waals surface area (Å²) in [7, 11) is 0. The summed E-state index contributed by atoms with van der Waals surface area (Å²) < 4.78 is 16.2. The first-order valence-electron chi connectivity index (χ1n) is 13.3. The molecule has 2 N–H and O–H groups in total. The van der Waals surface area contributed by atoms with Crippen molar-refractivity contribution in [2.24, 2.45) is 0 Å². The van der Waals surface area contributed by atoms with Crippen LogP contribution in [-0.4, -0.2) is 49.7 Å². The zero-order valence-electron chi connectivity index (χ0n) is 21.6. The summed E-state index contributed by atoms with van der Waals surface area (Å²) in [6, 6.07) is 5.57. The molecule has 192 valence electrons. The first-order chi connectivity index (χ1) is 18.7. The number of H-pyrrole nitrogens is 2. The Bertz CT molecular complexity index is 1640. The number of rotatable bonds is 7. The quantitative estimate of drug-likeness (QED) is 0.265. The van der Waals surface area contributed by atoms with Crippen molar-refractivity contribution in [3.8, 4) is 11.5 Å². The Morgan fingerprint density at radius 3 is 2.76 bits per heavy atom. The maximum Gasteiger partial charge on any atom is 0.159 e. The van der Waals surface area contributed by atoms with Crippen molar-refractivity contribution >= 4 is 33.1 Å². The highest BCUT2D eigenvalue weighted by atomic mass is 19.1. The maximum atomic E-state index is 16.2. The van der Waals surface area contributed by atoms with Gasteiger partial charge in [0.2, 0.25) is 0 Å². The molecule has 38 heavy (non-hydrogen) atoms. The summed E-state index contributed by atoms with van der Waals surface area (Å²) in [5.41, 5.74) is 6.95. The fourth-order valence-corrected chi connectivity index (χ4v) is 5.42. The molecule has 0 unspecified atom stereocenters. The lowest BCUT2D eigenvalue weighted by molar-refractivity contribution is 0.248. The van der Waals surface area contributed by atoms with E-state index in [4.69, 9.17) is 4.98 Å². The molecule has 1 fully saturated rings. The normalized spacial score (nSPS) is 17.1. The van der Waals surface area contributed by atoms with E-state index in [0.29, 0.717) is 28.0 Å². The van der Waals surface area contributed by atoms with Crippen molar-refractivity contribution < 1.29 is 4.39 Å². The van der Waals surface area contributed by atoms with E-state index in [1.165, 1.54) is 19.3 Å². The van der Waals surface area contributed by atoms with Crippen LogP contribution in [0.15, 0.2) is 73.0 Å². The van der Waals surface area contributed by atoms with Gasteiger partial charge in [0.05, 0.1) is 22.1 Å². The molecule has 3 aromatic heterocycles. The topological polar surface area (TPSA) is 73.5 Å². The monoisotopic (exact) mass is 506 g/mol. The Kier molecular flexibility index (Phi) is 6.60. The Labute approximate surface area is 221 Å². The highest BCUT2D eigenvalue weighted by molar-refractivity contribution is 5.98. The van der Waals surface area contributed by atoms with Gasteiger partial charge in [-0.1, -0.05) is 49.5 Å². The summed E-state index contributed by atoms with van der Waals surface area (Å²) in [5.74, 6) is 0.186. The van der Waals surface area contributed by atoms with Crippen LogP contribution in [0, 0.1) is 5.82 Å². The zero-order chi connectivity index (χ0) is 26.1. The Hall–Kier alpha value is -4.10. The summed E-state index contributed by atoms with van der Waals surface area (Å²) in [6.45, 7) is 8.97. The van der Waals surface area contributed by atoms with E-state index in [1.807, 2.05) is 43.4 Å². The molecule has 0 atom stereocenters. The molecule has 4 heterocycles. The lowest BCUT2D eigenvalue weighted by atomic mass is 9.99. The average molecular weight is 507 g/mol. The van der Waals surface area contributed by atoms with Gasteiger partial charge in [0.15, 0.2) is 5.82 Å². The minimum atomic E-state index is -0.322. The summed E-state index contributed by atoms with van der Waals surface area (Å²) in [5, 5.41) is 7.87. The SMILES string of the molecule is C=C/C(=C\C(=C/C)c1ccc2[nH]nc(-c3nc4c(C5=CCC=C5)nccc4[nH]3)c2c1F)CN1CCCCC1. The number of hydrogen-bond acceptors (Lipinski definition) is 4. The van der Waals surface area contributed by atoms with Crippen LogP contribution in [0.2, 0.25) is 0 Å². The van der Waals surface area contributed by atoms with E-state index in [1.54, 1.807) is 6.20 Å². The Morgan fingerprint density at radius 2 is 2.00 bits per heavy atom. The third kappa shape index (κ3) is 4.43. The molecule has 6 rings (SSSR count). The number of piperidine rings is 1. The fraction of sp³-hybridized carbons (Fsp3) is 0.258. The van der Waals surface area contributed by atoms with Gasteiger partial charge in [0, 0.05) is 18.3 Å². The van der Waals surface area contributed by atoms with Gasteiger partial charge in [0.25, 0.3) is 0 Å². The molecular weight excluding hydrogens is 475 g/mol. The predicted molar refractivity (Wildman–Crippen MR) is 153 cm³/mol. The van der Waals surface area contributed by atoms with Gasteiger partial charge in [-0.05, 0) is 74.2 Å². The molecule has 1 aliphatic heterocycles. The van der Waals surface area contributed by atoms with Crippen LogP contribution >= 0.6 is 0 Å². The van der Waals surface area contributed by atoms with E-state index in [2.05, 4.69) is 49.9 Å². The number of halogens is 1. The number of aromatic nitrogens is 5. The van der Waals surface area contributed by atoms with Crippen molar-refractivity contribution in [3.63, 3.8) is 0 Å². The molecule has 0 spiro atoms. The van der Waals surface area contributed by atoms with Crippen molar-refractivity contribution in [1.82, 2.24) is 30.0 Å². The minimum Gasteiger partial charge on any atom is -0.336 e. The highest BCUT2D eigenvalue weighted by Crippen LogP contribution is 2.34. The van der Waals surface area contributed by atoms with Crippen LogP contribution < -0.4 is 0 Å². The largest absolute Gasteiger partial charge is 0.336 e. The Morgan fingerprint density at radius 1 is 1.13 bits per heavy atom. The summed E-state index contributed by atoms with van der Waals surface area (Å²) >= 11 is 0. The number of hydrogen-bond donors (Lipinski definition) is 2. The molecule has 6 nitrogen and oxygen atoms in total. The van der Waals surface area contributed by atoms with Gasteiger partial charge in [-0.2, -0.15) is 5.10 Å². The van der Waals surface area contributed by atoms with Gasteiger partial charge in [-0.3, -0.25) is 15.0 Å². The lowest BCUT2D eigenvalue weighted by Gasteiger charge is -2.26. The van der Waals surface area contributed by atoms with Crippen molar-refractivity contribution in [3.05, 3.63) is 90.1 Å². The van der Waals surface area contributed by atoms with Crippen LogP contribution in [0.5, 0.6) is 0 Å². The third-order valence-corrected chi connectivity index (χ3v) is 7.42. The van der Waals surface area contributed by atoms with Crippen LogP contribution in [0.1, 0.15) is 43.9 Å². The van der Waals surface area contributed by atoms with E-state index in [9.17, 15) is 0 Å². The number of likely N-dealkylation sites (tertiary alicyclic amines) is 1. The first kappa shape index (κ1) is 24.2. The van der Waals surface area contributed by atoms with E-state index in [0.717, 1.165) is 59.5 Å². The van der Waals surface area contributed by atoms with Gasteiger partial charge in [-0.25, -0.2) is 9.37 Å². The van der Waals surface area contributed by atoms with E-state index >= 15 is 4.39 Å². The fourth-order valence-electron chi connectivity index (χ4n) is 5.42. The van der Waals surface area contributed by atoms with Crippen LogP contribution in [-0.2, 0) is 0 Å². The molecule has 0 radical (unpaired) electrons. The second-order valence-electron chi connectivity index (χ2n) is 9.86. The standard InChI is InChI=1S/C31H31FN6/c1-3-20(19-38-16-8-5-9-17-38)18-21(4-2)23-12-13-24-26(27(23)32)30(37-36-24)31-34-25-14-15-33-28(29(25)35-31)22-10-6-7-11-22/h3-4,6,10-15,18H,1,5,7-9,16-17,19H2,2H3,(H,34,35)(H,36,37)/b20-18+,21-4+. The number of nitrogens with zero attached hydrogens (tertiary/aromatic N) is 4. The number of allylic oxidation sites excluding steroid dienone is 7. The van der Waals surface area contributed by atoms with Crippen LogP contribution in [0.25, 0.3) is 44.6 Å². The van der Waals surface area contributed by atoms with Crippen LogP contribution in [0.4, 0.5) is 4.39 Å². The summed E-state index contributed by atoms with van der Waals surface area (Å²) in [4.78, 5) is 15.2. The second kappa shape index (κ2) is 10.3. The second-order valence-corrected chi connectivity index (χ2v) is 9.86. The van der Waals surface area contributed by atoms with E-state index < -0.39 is 0 Å². The van der Waals surface area contributed by atoms with Crippen molar-refractivity contribution in [2.45, 2.75) is 32.6 Å². The molecule has 0 amide bonds. The van der Waals surface area contributed by atoms with Crippen molar-refractivity contribution in [1.29, 1.82) is 0 Å². The number of benzene rings is 1. The number of fused-ring (bicyclic) bond motifs is 2. The number of aromatic amines is 2. The lowest BCUT2D eigenvalue weighted by Crippen LogP contribution is -2.31. The van der Waals surface area contributed by atoms with E-state index in [-0.39, 0.29) is 5.82 Å². The maximum absolute atomic E-state index is 16.2. The average Bonchev–Trinajstić information content (AvgIpc) is 3.71. The Balaban J connectivity index is 1.40. The minimum absolute atomic E-state index is 0.322. The molecule has 0 saturated carbocycles. The van der Waals surface area contributed by atoms with Gasteiger partial charge >= 0.3 is 0 Å². The molecule has 1 aliphatic carbocycles. The molecule has 4 aromatic rings. The molecule has 0 bridgehead atoms. The zero-order valence-corrected chi connectivity index (χ0v) is 21.6. The third-order valence-electron chi connectivity index (χ3n) is 7.42. The number of nitrogens with one attached hydrogen (secondary N) is 2. The summed E-state index contributed by atoms with van der Waals surface area (Å²) in [6.07, 6.45) is 18.6. The molecule has 1 aromatic carbocycles. The van der Waals surface area contributed by atoms with Gasteiger partial charge in [-0.15, -0.1) is 0 Å². The number of imidazole rings is 1. The smallest absolute Gasteiger partial charge is 0.159 e. The molecule has 1 saturated heterocycles. The van der Waals surface area contributed by atoms with Crippen LogP contribution in [0.3, 0.4) is 0 Å². The van der Waals surface area contributed by atoms with Gasteiger partial charge < -0.3 is 4.98 Å². The first-order valence-corrected chi connectivity index (χ1v) is 13.3. The van der Waals surface area contributed by atoms with Gasteiger partial charge in [0.1, 0.15) is 17.0 Å². The molecular formula is C31H31FN6. The predicted octanol–water partition coefficient (Wildman–Crippen LogP) is 6.99. The number of pyridine rings is 1. The highest BCUT2D eigenvalue weighted by Gasteiger charge is 2.21. The molecule has 7 heteroatoms.